The fraction of sp³-hybridized carbons (Fsp3) is 0.316. The second-order valence-electron chi connectivity index (χ2n) is 5.32. The molecule has 24 heavy (non-hydrogen) atoms. The van der Waals surface area contributed by atoms with Gasteiger partial charge >= 0.3 is 5.97 Å². The third-order valence-electron chi connectivity index (χ3n) is 3.83. The minimum Gasteiger partial charge on any atom is -0.457 e. The Kier molecular flexibility index (Phi) is 9.04. The van der Waals surface area contributed by atoms with Crippen molar-refractivity contribution in [1.29, 1.82) is 0 Å². The molecular weight excluding hydrogens is 390 g/mol. The lowest BCUT2D eigenvalue weighted by molar-refractivity contribution is 0.0471. The molecule has 0 amide bonds. The Morgan fingerprint density at radius 1 is 1.04 bits per heavy atom. The van der Waals surface area contributed by atoms with Crippen LogP contribution in [-0.4, -0.2) is 24.0 Å². The van der Waals surface area contributed by atoms with Gasteiger partial charge in [0.2, 0.25) is 0 Å². The van der Waals surface area contributed by atoms with E-state index in [-0.39, 0.29) is 18.4 Å². The first-order chi connectivity index (χ1) is 11.1. The molecule has 0 spiro atoms. The minimum absolute atomic E-state index is 0. The molecule has 0 aromatic heterocycles. The topological polar surface area (TPSA) is 29.5 Å². The predicted octanol–water partition coefficient (Wildman–Crippen LogP) is 5.07. The summed E-state index contributed by atoms with van der Waals surface area (Å²) in [6, 6.07) is 15.4. The summed E-state index contributed by atoms with van der Waals surface area (Å²) >= 11 is 3.37. The molecule has 3 nitrogen and oxygen atoms in total. The summed E-state index contributed by atoms with van der Waals surface area (Å²) < 4.78 is 6.35. The van der Waals surface area contributed by atoms with E-state index in [1.54, 1.807) is 12.1 Å². The van der Waals surface area contributed by atoms with Crippen LogP contribution in [0.3, 0.4) is 0 Å². The zero-order valence-electron chi connectivity index (χ0n) is 14.0. The Morgan fingerprint density at radius 2 is 1.71 bits per heavy atom. The number of esters is 1. The van der Waals surface area contributed by atoms with Crippen LogP contribution in [0.4, 0.5) is 0 Å². The third-order valence-corrected chi connectivity index (χ3v) is 4.32. The molecule has 0 aliphatic carbocycles. The number of hydrogen-bond acceptors (Lipinski definition) is 3. The summed E-state index contributed by atoms with van der Waals surface area (Å²) in [5, 5.41) is 0. The Morgan fingerprint density at radius 3 is 2.33 bits per heavy atom. The highest BCUT2D eigenvalue weighted by Crippen LogP contribution is 2.16. The van der Waals surface area contributed by atoms with Gasteiger partial charge in [0.05, 0.1) is 5.56 Å². The molecule has 0 radical (unpaired) electrons. The largest absolute Gasteiger partial charge is 0.457 e. The van der Waals surface area contributed by atoms with Crippen molar-refractivity contribution in [3.63, 3.8) is 0 Å². The lowest BCUT2D eigenvalue weighted by atomic mass is 10.1. The van der Waals surface area contributed by atoms with Gasteiger partial charge < -0.3 is 4.74 Å². The van der Waals surface area contributed by atoms with Gasteiger partial charge in [-0.25, -0.2) is 4.79 Å². The first kappa shape index (κ1) is 20.7. The Labute approximate surface area is 158 Å². The van der Waals surface area contributed by atoms with Gasteiger partial charge in [-0.05, 0) is 42.4 Å². The Bertz CT molecular complexity index is 659. The highest BCUT2D eigenvalue weighted by molar-refractivity contribution is 9.10. The van der Waals surface area contributed by atoms with Gasteiger partial charge in [-0.2, -0.15) is 0 Å². The molecule has 0 saturated heterocycles. The minimum atomic E-state index is -0.302. The molecule has 2 aromatic carbocycles. The lowest BCUT2D eigenvalue weighted by Gasteiger charge is -2.20. The zero-order valence-corrected chi connectivity index (χ0v) is 16.4. The normalized spacial score (nSPS) is 10.3. The van der Waals surface area contributed by atoms with E-state index < -0.39 is 0 Å². The number of rotatable bonds is 7. The van der Waals surface area contributed by atoms with Crippen LogP contribution < -0.4 is 0 Å². The van der Waals surface area contributed by atoms with Crippen molar-refractivity contribution in [3.05, 3.63) is 69.7 Å². The number of carbonyl (C=O) groups is 1. The average molecular weight is 413 g/mol. The molecule has 0 atom stereocenters. The van der Waals surface area contributed by atoms with Crippen LogP contribution in [0.2, 0.25) is 0 Å². The van der Waals surface area contributed by atoms with Crippen LogP contribution in [0.15, 0.2) is 53.0 Å². The maximum atomic E-state index is 12.2. The molecule has 0 aliphatic rings. The molecule has 0 fully saturated rings. The summed E-state index contributed by atoms with van der Waals surface area (Å²) in [7, 11) is 0. The van der Waals surface area contributed by atoms with Crippen LogP contribution in [0.5, 0.6) is 0 Å². The third kappa shape index (κ3) is 5.93. The number of halogens is 2. The van der Waals surface area contributed by atoms with Crippen LogP contribution in [0.25, 0.3) is 0 Å². The molecule has 0 bridgehead atoms. The van der Waals surface area contributed by atoms with Gasteiger partial charge in [0.25, 0.3) is 0 Å². The molecule has 2 aromatic rings. The second-order valence-corrected chi connectivity index (χ2v) is 6.23. The number of hydrogen-bond donors (Lipinski definition) is 0. The van der Waals surface area contributed by atoms with Crippen LogP contribution in [0, 0.1) is 0 Å². The molecule has 0 unspecified atom stereocenters. The van der Waals surface area contributed by atoms with Gasteiger partial charge in [0.15, 0.2) is 0 Å². The molecule has 0 N–H and O–H groups in total. The SMILES string of the molecule is CCN(CC)Cc1ccccc1COC(=O)c1cccc(Br)c1.Cl. The molecule has 5 heteroatoms. The fourth-order valence-corrected chi connectivity index (χ4v) is 2.78. The average Bonchev–Trinajstić information content (AvgIpc) is 2.58. The summed E-state index contributed by atoms with van der Waals surface area (Å²) in [5.41, 5.74) is 2.82. The van der Waals surface area contributed by atoms with Crippen molar-refractivity contribution in [2.24, 2.45) is 0 Å². The van der Waals surface area contributed by atoms with Gasteiger partial charge in [-0.3, -0.25) is 4.90 Å². The van der Waals surface area contributed by atoms with E-state index in [0.717, 1.165) is 29.7 Å². The second kappa shape index (κ2) is 10.5. The summed E-state index contributed by atoms with van der Waals surface area (Å²) in [6.07, 6.45) is 0. The fourth-order valence-electron chi connectivity index (χ4n) is 2.38. The van der Waals surface area contributed by atoms with Crippen molar-refractivity contribution < 1.29 is 9.53 Å². The monoisotopic (exact) mass is 411 g/mol. The van der Waals surface area contributed by atoms with Crippen molar-refractivity contribution in [3.8, 4) is 0 Å². The van der Waals surface area contributed by atoms with Gasteiger partial charge in [0.1, 0.15) is 6.61 Å². The van der Waals surface area contributed by atoms with Crippen LogP contribution in [-0.2, 0) is 17.9 Å². The van der Waals surface area contributed by atoms with E-state index in [1.807, 2.05) is 30.3 Å². The number of ether oxygens (including phenoxy) is 1. The van der Waals surface area contributed by atoms with Crippen molar-refractivity contribution in [1.82, 2.24) is 4.90 Å². The predicted molar refractivity (Wildman–Crippen MR) is 104 cm³/mol. The first-order valence-corrected chi connectivity index (χ1v) is 8.65. The summed E-state index contributed by atoms with van der Waals surface area (Å²) in [4.78, 5) is 14.5. The van der Waals surface area contributed by atoms with Crippen LogP contribution >= 0.6 is 28.3 Å². The summed E-state index contributed by atoms with van der Waals surface area (Å²) in [6.45, 7) is 7.48. The number of benzene rings is 2. The molecule has 0 aliphatic heterocycles. The van der Waals surface area contributed by atoms with Gasteiger partial charge in [-0.15, -0.1) is 12.4 Å². The number of nitrogens with zero attached hydrogens (tertiary/aromatic N) is 1. The lowest BCUT2D eigenvalue weighted by Crippen LogP contribution is -2.23. The quantitative estimate of drug-likeness (QED) is 0.595. The van der Waals surface area contributed by atoms with Crippen molar-refractivity contribution in [2.45, 2.75) is 27.0 Å². The Hall–Kier alpha value is -1.36. The molecular formula is C19H23BrClNO2. The maximum Gasteiger partial charge on any atom is 0.338 e. The zero-order chi connectivity index (χ0) is 16.7. The molecule has 0 heterocycles. The highest BCUT2D eigenvalue weighted by Gasteiger charge is 2.10. The van der Waals surface area contributed by atoms with E-state index in [0.29, 0.717) is 12.2 Å². The van der Waals surface area contributed by atoms with E-state index in [2.05, 4.69) is 40.7 Å². The van der Waals surface area contributed by atoms with E-state index in [9.17, 15) is 4.79 Å². The molecule has 0 saturated carbocycles. The van der Waals surface area contributed by atoms with E-state index in [4.69, 9.17) is 4.74 Å². The van der Waals surface area contributed by atoms with Gasteiger partial charge in [-0.1, -0.05) is 60.1 Å². The van der Waals surface area contributed by atoms with Crippen molar-refractivity contribution >= 4 is 34.3 Å². The van der Waals surface area contributed by atoms with Gasteiger partial charge in [0, 0.05) is 11.0 Å². The number of carbonyl (C=O) groups excluding carboxylic acids is 1. The Balaban J connectivity index is 0.00000288. The van der Waals surface area contributed by atoms with E-state index >= 15 is 0 Å². The first-order valence-electron chi connectivity index (χ1n) is 7.85. The molecule has 2 rings (SSSR count). The maximum absolute atomic E-state index is 12.2. The van der Waals surface area contributed by atoms with Crippen LogP contribution in [0.1, 0.15) is 35.3 Å². The highest BCUT2D eigenvalue weighted by atomic mass is 79.9. The smallest absolute Gasteiger partial charge is 0.338 e. The van der Waals surface area contributed by atoms with E-state index in [1.165, 1.54) is 5.56 Å². The van der Waals surface area contributed by atoms with Crippen molar-refractivity contribution in [2.75, 3.05) is 13.1 Å². The standard InChI is InChI=1S/C19H22BrNO2.ClH/c1-3-21(4-2)13-16-8-5-6-9-17(16)14-23-19(22)15-10-7-11-18(20)12-15;/h5-12H,3-4,13-14H2,1-2H3;1H. The summed E-state index contributed by atoms with van der Waals surface area (Å²) in [5.74, 6) is -0.302. The molecule has 130 valence electrons.